The van der Waals surface area contributed by atoms with Gasteiger partial charge in [0.1, 0.15) is 0 Å². The summed E-state index contributed by atoms with van der Waals surface area (Å²) in [5.41, 5.74) is 0.958. The largest absolute Gasteiger partial charge is 0.339 e. The van der Waals surface area contributed by atoms with Crippen LogP contribution >= 0.6 is 15.9 Å². The Morgan fingerprint density at radius 2 is 2.15 bits per heavy atom. The standard InChI is InChI=1S/C15H20BrN3O/c1-10(2)7-13(17-3)9-14-18-15(19-20-14)11-5-4-6-12(16)8-11/h4-6,8,10,13,17H,7,9H2,1-3H3. The van der Waals surface area contributed by atoms with Crippen LogP contribution in [0.1, 0.15) is 26.2 Å². The molecular weight excluding hydrogens is 318 g/mol. The SMILES string of the molecule is CNC(Cc1nc(-c2cccc(Br)c2)no1)CC(C)C. The van der Waals surface area contributed by atoms with Crippen LogP contribution < -0.4 is 5.32 Å². The second kappa shape index (κ2) is 6.99. The summed E-state index contributed by atoms with van der Waals surface area (Å²) in [5.74, 6) is 1.96. The van der Waals surface area contributed by atoms with Crippen LogP contribution in [0.5, 0.6) is 0 Å². The fourth-order valence-corrected chi connectivity index (χ4v) is 2.56. The number of hydrogen-bond donors (Lipinski definition) is 1. The van der Waals surface area contributed by atoms with E-state index in [1.54, 1.807) is 0 Å². The van der Waals surface area contributed by atoms with E-state index >= 15 is 0 Å². The zero-order chi connectivity index (χ0) is 14.5. The molecule has 0 saturated carbocycles. The molecule has 0 amide bonds. The van der Waals surface area contributed by atoms with Crippen molar-refractivity contribution in [1.82, 2.24) is 15.5 Å². The third-order valence-corrected chi connectivity index (χ3v) is 3.63. The fraction of sp³-hybridized carbons (Fsp3) is 0.467. The molecule has 0 radical (unpaired) electrons. The molecule has 0 bridgehead atoms. The molecule has 2 aromatic rings. The molecule has 0 aliphatic heterocycles. The molecule has 0 fully saturated rings. The zero-order valence-corrected chi connectivity index (χ0v) is 13.6. The van der Waals surface area contributed by atoms with E-state index < -0.39 is 0 Å². The van der Waals surface area contributed by atoms with Crippen molar-refractivity contribution in [3.05, 3.63) is 34.6 Å². The molecule has 4 nitrogen and oxygen atoms in total. The van der Waals surface area contributed by atoms with Gasteiger partial charge in [-0.05, 0) is 31.5 Å². The average molecular weight is 338 g/mol. The van der Waals surface area contributed by atoms with Crippen molar-refractivity contribution in [2.45, 2.75) is 32.7 Å². The normalized spacial score (nSPS) is 12.8. The first-order valence-corrected chi connectivity index (χ1v) is 7.63. The predicted octanol–water partition coefficient (Wildman–Crippen LogP) is 3.68. The molecule has 0 aliphatic rings. The molecule has 20 heavy (non-hydrogen) atoms. The Morgan fingerprint density at radius 3 is 2.80 bits per heavy atom. The van der Waals surface area contributed by atoms with Gasteiger partial charge in [0.15, 0.2) is 0 Å². The Balaban J connectivity index is 2.09. The smallest absolute Gasteiger partial charge is 0.228 e. The second-order valence-corrected chi connectivity index (χ2v) is 6.26. The van der Waals surface area contributed by atoms with Crippen molar-refractivity contribution >= 4 is 15.9 Å². The first kappa shape index (κ1) is 15.2. The third-order valence-electron chi connectivity index (χ3n) is 3.14. The Morgan fingerprint density at radius 1 is 1.35 bits per heavy atom. The molecule has 108 valence electrons. The lowest BCUT2D eigenvalue weighted by Crippen LogP contribution is -2.29. The lowest BCUT2D eigenvalue weighted by atomic mass is 10.0. The van der Waals surface area contributed by atoms with Crippen molar-refractivity contribution < 1.29 is 4.52 Å². The number of halogens is 1. The van der Waals surface area contributed by atoms with E-state index in [-0.39, 0.29) is 0 Å². The molecule has 1 aromatic heterocycles. The topological polar surface area (TPSA) is 51.0 Å². The number of rotatable bonds is 6. The Kier molecular flexibility index (Phi) is 5.31. The minimum atomic E-state index is 0.366. The van der Waals surface area contributed by atoms with E-state index in [1.807, 2.05) is 31.3 Å². The summed E-state index contributed by atoms with van der Waals surface area (Å²) in [6, 6.07) is 8.27. The summed E-state index contributed by atoms with van der Waals surface area (Å²) in [6.45, 7) is 4.43. The van der Waals surface area contributed by atoms with E-state index in [0.29, 0.717) is 23.7 Å². The number of aromatic nitrogens is 2. The minimum absolute atomic E-state index is 0.366. The Hall–Kier alpha value is -1.20. The molecule has 1 unspecified atom stereocenters. The van der Waals surface area contributed by atoms with E-state index in [1.165, 1.54) is 0 Å². The second-order valence-electron chi connectivity index (χ2n) is 5.34. The zero-order valence-electron chi connectivity index (χ0n) is 12.1. The molecule has 1 aromatic carbocycles. The van der Waals surface area contributed by atoms with Crippen LogP contribution in [0.3, 0.4) is 0 Å². The summed E-state index contributed by atoms with van der Waals surface area (Å²) in [7, 11) is 1.97. The molecule has 0 spiro atoms. The molecule has 0 saturated heterocycles. The van der Waals surface area contributed by atoms with Gasteiger partial charge >= 0.3 is 0 Å². The molecule has 1 N–H and O–H groups in total. The molecule has 2 rings (SSSR count). The molecule has 5 heteroatoms. The lowest BCUT2D eigenvalue weighted by molar-refractivity contribution is 0.345. The van der Waals surface area contributed by atoms with E-state index in [0.717, 1.165) is 22.9 Å². The van der Waals surface area contributed by atoms with E-state index in [9.17, 15) is 0 Å². The molecule has 1 atom stereocenters. The number of nitrogens with one attached hydrogen (secondary N) is 1. The first-order chi connectivity index (χ1) is 9.58. The monoisotopic (exact) mass is 337 g/mol. The van der Waals surface area contributed by atoms with Crippen LogP contribution in [0.15, 0.2) is 33.3 Å². The van der Waals surface area contributed by atoms with Gasteiger partial charge in [0.05, 0.1) is 0 Å². The highest BCUT2D eigenvalue weighted by Crippen LogP contribution is 2.21. The van der Waals surface area contributed by atoms with Gasteiger partial charge in [0.2, 0.25) is 11.7 Å². The summed E-state index contributed by atoms with van der Waals surface area (Å²) < 4.78 is 6.36. The van der Waals surface area contributed by atoms with Crippen molar-refractivity contribution in [3.8, 4) is 11.4 Å². The maximum atomic E-state index is 5.36. The minimum Gasteiger partial charge on any atom is -0.339 e. The van der Waals surface area contributed by atoms with Gasteiger partial charge in [-0.3, -0.25) is 0 Å². The predicted molar refractivity (Wildman–Crippen MR) is 83.4 cm³/mol. The summed E-state index contributed by atoms with van der Waals surface area (Å²) >= 11 is 3.45. The van der Waals surface area contributed by atoms with Crippen LogP contribution in [0.2, 0.25) is 0 Å². The van der Waals surface area contributed by atoms with Gasteiger partial charge in [-0.1, -0.05) is 47.1 Å². The van der Waals surface area contributed by atoms with E-state index in [4.69, 9.17) is 4.52 Å². The first-order valence-electron chi connectivity index (χ1n) is 6.84. The quantitative estimate of drug-likeness (QED) is 0.873. The van der Waals surface area contributed by atoms with Gasteiger partial charge in [0.25, 0.3) is 0 Å². The van der Waals surface area contributed by atoms with Crippen LogP contribution in [0.25, 0.3) is 11.4 Å². The summed E-state index contributed by atoms with van der Waals surface area (Å²) in [6.07, 6.45) is 1.85. The highest BCUT2D eigenvalue weighted by molar-refractivity contribution is 9.10. The summed E-state index contributed by atoms with van der Waals surface area (Å²) in [5, 5.41) is 7.36. The van der Waals surface area contributed by atoms with Crippen LogP contribution in [0, 0.1) is 5.92 Å². The molecule has 1 heterocycles. The van der Waals surface area contributed by atoms with Crippen LogP contribution in [0.4, 0.5) is 0 Å². The van der Waals surface area contributed by atoms with Crippen molar-refractivity contribution in [1.29, 1.82) is 0 Å². The Bertz CT molecular complexity index is 554. The summed E-state index contributed by atoms with van der Waals surface area (Å²) in [4.78, 5) is 4.48. The van der Waals surface area contributed by atoms with Gasteiger partial charge < -0.3 is 9.84 Å². The average Bonchev–Trinajstić information content (AvgIpc) is 2.86. The highest BCUT2D eigenvalue weighted by atomic mass is 79.9. The fourth-order valence-electron chi connectivity index (χ4n) is 2.17. The van der Waals surface area contributed by atoms with Crippen LogP contribution in [-0.2, 0) is 6.42 Å². The van der Waals surface area contributed by atoms with Gasteiger partial charge in [-0.15, -0.1) is 0 Å². The van der Waals surface area contributed by atoms with Gasteiger partial charge in [0, 0.05) is 22.5 Å². The van der Waals surface area contributed by atoms with Crippen molar-refractivity contribution in [2.75, 3.05) is 7.05 Å². The third kappa shape index (κ3) is 4.15. The highest BCUT2D eigenvalue weighted by Gasteiger charge is 2.15. The van der Waals surface area contributed by atoms with Crippen molar-refractivity contribution in [2.24, 2.45) is 5.92 Å². The van der Waals surface area contributed by atoms with Crippen molar-refractivity contribution in [3.63, 3.8) is 0 Å². The van der Waals surface area contributed by atoms with E-state index in [2.05, 4.69) is 45.2 Å². The Labute approximate surface area is 128 Å². The molecule has 0 aliphatic carbocycles. The molecular formula is C15H20BrN3O. The number of likely N-dealkylation sites (N-methyl/N-ethyl adjacent to an activating group) is 1. The van der Waals surface area contributed by atoms with Gasteiger partial charge in [-0.25, -0.2) is 0 Å². The number of benzene rings is 1. The maximum absolute atomic E-state index is 5.36. The van der Waals surface area contributed by atoms with Crippen LogP contribution in [-0.4, -0.2) is 23.2 Å². The van der Waals surface area contributed by atoms with Gasteiger partial charge in [-0.2, -0.15) is 4.98 Å². The lowest BCUT2D eigenvalue weighted by Gasteiger charge is -2.15. The number of nitrogens with zero attached hydrogens (tertiary/aromatic N) is 2. The number of hydrogen-bond acceptors (Lipinski definition) is 4. The maximum Gasteiger partial charge on any atom is 0.228 e.